The summed E-state index contributed by atoms with van der Waals surface area (Å²) in [5.41, 5.74) is 0.507. The Morgan fingerprint density at radius 2 is 1.78 bits per heavy atom. The zero-order valence-electron chi connectivity index (χ0n) is 12.5. The fourth-order valence-electron chi connectivity index (χ4n) is 3.29. The molecule has 0 aromatic heterocycles. The molecule has 0 spiro atoms. The summed E-state index contributed by atoms with van der Waals surface area (Å²) in [6.07, 6.45) is 3.31. The van der Waals surface area contributed by atoms with Crippen molar-refractivity contribution < 1.29 is 13.9 Å². The molecular formula is C15H21BrCl2F2N2O. The molecule has 0 bridgehead atoms. The molecule has 1 aliphatic carbocycles. The van der Waals surface area contributed by atoms with Gasteiger partial charge in [0.25, 0.3) is 0 Å². The van der Waals surface area contributed by atoms with Crippen LogP contribution < -0.4 is 5.32 Å². The normalized spacial score (nSPS) is 20.1. The third kappa shape index (κ3) is 4.10. The fourth-order valence-corrected chi connectivity index (χ4v) is 3.71. The zero-order chi connectivity index (χ0) is 15.0. The van der Waals surface area contributed by atoms with Crippen molar-refractivity contribution in [3.8, 4) is 5.75 Å². The van der Waals surface area contributed by atoms with Crippen LogP contribution in [0.15, 0.2) is 10.5 Å². The second kappa shape index (κ2) is 8.81. The van der Waals surface area contributed by atoms with Crippen LogP contribution in [0, 0.1) is 17.6 Å². The fraction of sp³-hybridized carbons (Fsp3) is 0.600. The predicted octanol–water partition coefficient (Wildman–Crippen LogP) is 4.02. The summed E-state index contributed by atoms with van der Waals surface area (Å²) in [7, 11) is 0. The van der Waals surface area contributed by atoms with Gasteiger partial charge in [0.05, 0.1) is 4.47 Å². The lowest BCUT2D eigenvalue weighted by Gasteiger charge is -2.43. The van der Waals surface area contributed by atoms with Gasteiger partial charge in [0.2, 0.25) is 5.82 Å². The summed E-state index contributed by atoms with van der Waals surface area (Å²) in [6, 6.07) is 1.51. The van der Waals surface area contributed by atoms with Gasteiger partial charge in [0.1, 0.15) is 0 Å². The SMILES string of the molecule is Cl.Cl.Oc1c([C@H](C2CCC2)N2CCNCC2)cc(Br)c(F)c1F. The van der Waals surface area contributed by atoms with Crippen LogP contribution in [0.3, 0.4) is 0 Å². The highest BCUT2D eigenvalue weighted by Crippen LogP contribution is 2.45. The average Bonchev–Trinajstić information content (AvgIpc) is 2.45. The summed E-state index contributed by atoms with van der Waals surface area (Å²) in [5, 5.41) is 13.4. The molecule has 0 amide bonds. The first-order chi connectivity index (χ1) is 10.1. The molecule has 3 nitrogen and oxygen atoms in total. The van der Waals surface area contributed by atoms with E-state index in [1.54, 1.807) is 6.07 Å². The number of phenolic OH excluding ortho intramolecular Hbond substituents is 1. The minimum atomic E-state index is -1.15. The molecule has 1 saturated carbocycles. The smallest absolute Gasteiger partial charge is 0.201 e. The molecule has 0 unspecified atom stereocenters. The van der Waals surface area contributed by atoms with Crippen LogP contribution in [-0.4, -0.2) is 36.2 Å². The number of benzene rings is 1. The molecule has 0 radical (unpaired) electrons. The monoisotopic (exact) mass is 432 g/mol. The van der Waals surface area contributed by atoms with E-state index in [4.69, 9.17) is 0 Å². The van der Waals surface area contributed by atoms with Crippen molar-refractivity contribution in [3.05, 3.63) is 27.7 Å². The van der Waals surface area contributed by atoms with Crippen LogP contribution in [-0.2, 0) is 0 Å². The van der Waals surface area contributed by atoms with E-state index in [0.717, 1.165) is 39.0 Å². The molecule has 1 aromatic carbocycles. The van der Waals surface area contributed by atoms with Crippen molar-refractivity contribution in [1.29, 1.82) is 0 Å². The van der Waals surface area contributed by atoms with Gasteiger partial charge in [-0.25, -0.2) is 4.39 Å². The van der Waals surface area contributed by atoms with E-state index in [-0.39, 0.29) is 35.3 Å². The molecule has 1 saturated heterocycles. The van der Waals surface area contributed by atoms with Gasteiger partial charge in [-0.1, -0.05) is 6.42 Å². The van der Waals surface area contributed by atoms with Crippen molar-refractivity contribution in [1.82, 2.24) is 10.2 Å². The standard InChI is InChI=1S/C15H19BrF2N2O.2ClH/c16-11-8-10(15(21)13(18)12(11)17)14(9-2-1-3-9)20-6-4-19-5-7-20;;/h8-9,14,19,21H,1-7H2;2*1H/t14-;;/m0../s1. The molecule has 2 fully saturated rings. The number of hydrogen-bond acceptors (Lipinski definition) is 3. The first kappa shape index (κ1) is 20.9. The molecule has 1 heterocycles. The van der Waals surface area contributed by atoms with E-state index in [0.29, 0.717) is 11.5 Å². The van der Waals surface area contributed by atoms with E-state index in [1.165, 1.54) is 6.42 Å². The van der Waals surface area contributed by atoms with Crippen LogP contribution in [0.5, 0.6) is 5.75 Å². The Hall–Kier alpha value is -0.140. The van der Waals surface area contributed by atoms with Crippen molar-refractivity contribution in [2.75, 3.05) is 26.2 Å². The van der Waals surface area contributed by atoms with E-state index in [9.17, 15) is 13.9 Å². The third-order valence-corrected chi connectivity index (χ3v) is 5.20. The van der Waals surface area contributed by atoms with E-state index in [1.807, 2.05) is 0 Å². The first-order valence-electron chi connectivity index (χ1n) is 7.40. The van der Waals surface area contributed by atoms with Gasteiger partial charge >= 0.3 is 0 Å². The lowest BCUT2D eigenvalue weighted by Crippen LogP contribution is -2.47. The molecule has 8 heteroatoms. The lowest BCUT2D eigenvalue weighted by molar-refractivity contribution is 0.0813. The molecular weight excluding hydrogens is 413 g/mol. The van der Waals surface area contributed by atoms with E-state index < -0.39 is 17.4 Å². The van der Waals surface area contributed by atoms with Crippen LogP contribution in [0.2, 0.25) is 0 Å². The Kier molecular flexibility index (Phi) is 8.01. The van der Waals surface area contributed by atoms with Crippen molar-refractivity contribution in [2.45, 2.75) is 25.3 Å². The molecule has 1 atom stereocenters. The largest absolute Gasteiger partial charge is 0.505 e. The number of phenols is 1. The van der Waals surface area contributed by atoms with E-state index >= 15 is 0 Å². The van der Waals surface area contributed by atoms with E-state index in [2.05, 4.69) is 26.1 Å². The molecule has 2 N–H and O–H groups in total. The molecule has 132 valence electrons. The van der Waals surface area contributed by atoms with Gasteiger partial charge in [-0.05, 0) is 40.8 Å². The summed E-state index contributed by atoms with van der Waals surface area (Å²) in [5.74, 6) is -2.31. The van der Waals surface area contributed by atoms with Gasteiger partial charge < -0.3 is 10.4 Å². The number of rotatable bonds is 3. The molecule has 1 aliphatic heterocycles. The number of nitrogens with zero attached hydrogens (tertiary/aromatic N) is 1. The summed E-state index contributed by atoms with van der Waals surface area (Å²) < 4.78 is 27.5. The minimum absolute atomic E-state index is 0. The van der Waals surface area contributed by atoms with Gasteiger partial charge in [0.15, 0.2) is 11.6 Å². The van der Waals surface area contributed by atoms with Crippen LogP contribution in [0.4, 0.5) is 8.78 Å². The summed E-state index contributed by atoms with van der Waals surface area (Å²) in [4.78, 5) is 2.28. The Labute approximate surface area is 155 Å². The highest BCUT2D eigenvalue weighted by atomic mass is 79.9. The average molecular weight is 434 g/mol. The quantitative estimate of drug-likeness (QED) is 0.706. The number of piperazine rings is 1. The predicted molar refractivity (Wildman–Crippen MR) is 94.7 cm³/mol. The highest BCUT2D eigenvalue weighted by Gasteiger charge is 2.36. The maximum Gasteiger partial charge on any atom is 0.201 e. The summed E-state index contributed by atoms with van der Waals surface area (Å²) in [6.45, 7) is 3.48. The van der Waals surface area contributed by atoms with Crippen LogP contribution in [0.1, 0.15) is 30.9 Å². The Bertz CT molecular complexity index is 541. The maximum atomic E-state index is 13.9. The Morgan fingerprint density at radius 3 is 2.30 bits per heavy atom. The van der Waals surface area contributed by atoms with Crippen LogP contribution >= 0.6 is 40.7 Å². The van der Waals surface area contributed by atoms with Crippen molar-refractivity contribution in [3.63, 3.8) is 0 Å². The Morgan fingerprint density at radius 1 is 1.17 bits per heavy atom. The first-order valence-corrected chi connectivity index (χ1v) is 8.20. The van der Waals surface area contributed by atoms with Gasteiger partial charge in [-0.15, -0.1) is 24.8 Å². The third-order valence-electron chi connectivity index (χ3n) is 4.63. The topological polar surface area (TPSA) is 35.5 Å². The molecule has 1 aromatic rings. The van der Waals surface area contributed by atoms with Gasteiger partial charge in [-0.3, -0.25) is 4.90 Å². The Balaban J connectivity index is 0.00000132. The second-order valence-electron chi connectivity index (χ2n) is 5.85. The molecule has 2 aliphatic rings. The van der Waals surface area contributed by atoms with Crippen LogP contribution in [0.25, 0.3) is 0 Å². The van der Waals surface area contributed by atoms with Crippen molar-refractivity contribution in [2.24, 2.45) is 5.92 Å². The number of aromatic hydroxyl groups is 1. The zero-order valence-corrected chi connectivity index (χ0v) is 15.7. The number of hydrogen-bond donors (Lipinski definition) is 2. The summed E-state index contributed by atoms with van der Waals surface area (Å²) >= 11 is 3.06. The number of nitrogens with one attached hydrogen (secondary N) is 1. The minimum Gasteiger partial charge on any atom is -0.505 e. The maximum absolute atomic E-state index is 13.9. The molecule has 3 rings (SSSR count). The highest BCUT2D eigenvalue weighted by molar-refractivity contribution is 9.10. The van der Waals surface area contributed by atoms with Gasteiger partial charge in [-0.2, -0.15) is 4.39 Å². The van der Waals surface area contributed by atoms with Gasteiger partial charge in [0, 0.05) is 37.8 Å². The van der Waals surface area contributed by atoms with Crippen molar-refractivity contribution >= 4 is 40.7 Å². The lowest BCUT2D eigenvalue weighted by atomic mass is 9.76. The molecule has 23 heavy (non-hydrogen) atoms. The number of halogens is 5. The second-order valence-corrected chi connectivity index (χ2v) is 6.70.